The number of hydrogen-bond donors (Lipinski definition) is 0. The topological polar surface area (TPSA) is 17.1 Å². The van der Waals surface area contributed by atoms with Gasteiger partial charge in [-0.15, -0.1) is 0 Å². The summed E-state index contributed by atoms with van der Waals surface area (Å²) in [6, 6.07) is 7.69. The fraction of sp³-hybridized carbons (Fsp3) is 0.417. The van der Waals surface area contributed by atoms with Gasteiger partial charge in [-0.3, -0.25) is 4.79 Å². The zero-order valence-corrected chi connectivity index (χ0v) is 8.87. The summed E-state index contributed by atoms with van der Waals surface area (Å²) in [5.74, 6) is 0.538. The van der Waals surface area contributed by atoms with Gasteiger partial charge in [-0.25, -0.2) is 0 Å². The monoisotopic (exact) mass is 178 g/mol. The standard InChI is InChI=1S/C10H12O.C2H6/c1-8(2)10-5-3-9(7-11)4-6-10;1-2/h3-8H,1-2H3;1-2H3. The van der Waals surface area contributed by atoms with Gasteiger partial charge in [0.25, 0.3) is 0 Å². The summed E-state index contributed by atoms with van der Waals surface area (Å²) < 4.78 is 0. The van der Waals surface area contributed by atoms with E-state index in [0.717, 1.165) is 11.8 Å². The Kier molecular flexibility index (Phi) is 5.86. The molecule has 1 heteroatoms. The SMILES string of the molecule is CC.CC(C)c1ccc(C=O)cc1. The lowest BCUT2D eigenvalue weighted by atomic mass is 10.0. The first-order valence-corrected chi connectivity index (χ1v) is 4.79. The van der Waals surface area contributed by atoms with E-state index in [1.54, 1.807) is 0 Å². The maximum absolute atomic E-state index is 10.3. The largest absolute Gasteiger partial charge is 0.298 e. The first-order chi connectivity index (χ1) is 6.24. The van der Waals surface area contributed by atoms with Crippen LogP contribution in [0, 0.1) is 0 Å². The highest BCUT2D eigenvalue weighted by Gasteiger charge is 1.96. The molecule has 0 heterocycles. The van der Waals surface area contributed by atoms with Gasteiger partial charge in [0, 0.05) is 5.56 Å². The van der Waals surface area contributed by atoms with Gasteiger partial charge in [-0.2, -0.15) is 0 Å². The molecular weight excluding hydrogens is 160 g/mol. The Morgan fingerprint density at radius 3 is 1.85 bits per heavy atom. The van der Waals surface area contributed by atoms with E-state index in [-0.39, 0.29) is 0 Å². The first kappa shape index (κ1) is 11.9. The normalized spacial score (nSPS) is 9.00. The highest BCUT2D eigenvalue weighted by Crippen LogP contribution is 2.13. The fourth-order valence-corrected chi connectivity index (χ4v) is 0.959. The maximum atomic E-state index is 10.3. The number of rotatable bonds is 2. The summed E-state index contributed by atoms with van der Waals surface area (Å²) in [4.78, 5) is 10.3. The average Bonchev–Trinajstić information content (AvgIpc) is 2.21. The van der Waals surface area contributed by atoms with Crippen molar-refractivity contribution < 1.29 is 4.79 Å². The predicted octanol–water partition coefficient (Wildman–Crippen LogP) is 3.65. The van der Waals surface area contributed by atoms with Crippen LogP contribution < -0.4 is 0 Å². The molecule has 1 rings (SSSR count). The van der Waals surface area contributed by atoms with Crippen LogP contribution in [0.1, 0.15) is 49.5 Å². The van der Waals surface area contributed by atoms with Crippen LogP contribution in [0.5, 0.6) is 0 Å². The van der Waals surface area contributed by atoms with Gasteiger partial charge in [-0.1, -0.05) is 52.0 Å². The van der Waals surface area contributed by atoms with Gasteiger partial charge in [0.05, 0.1) is 0 Å². The number of carbonyl (C=O) groups excluding carboxylic acids is 1. The van der Waals surface area contributed by atoms with Crippen molar-refractivity contribution >= 4 is 6.29 Å². The molecule has 0 atom stereocenters. The first-order valence-electron chi connectivity index (χ1n) is 4.79. The molecule has 0 saturated carbocycles. The number of hydrogen-bond acceptors (Lipinski definition) is 1. The Labute approximate surface area is 80.8 Å². The molecule has 0 amide bonds. The number of benzene rings is 1. The van der Waals surface area contributed by atoms with Gasteiger partial charge >= 0.3 is 0 Å². The smallest absolute Gasteiger partial charge is 0.150 e. The molecule has 0 bridgehead atoms. The molecular formula is C12H18O. The van der Waals surface area contributed by atoms with Gasteiger partial charge in [0.2, 0.25) is 0 Å². The van der Waals surface area contributed by atoms with E-state index in [1.807, 2.05) is 38.1 Å². The van der Waals surface area contributed by atoms with Crippen LogP contribution in [-0.2, 0) is 0 Å². The molecule has 0 aliphatic carbocycles. The van der Waals surface area contributed by atoms with E-state index < -0.39 is 0 Å². The predicted molar refractivity (Wildman–Crippen MR) is 57.3 cm³/mol. The summed E-state index contributed by atoms with van der Waals surface area (Å²) in [7, 11) is 0. The van der Waals surface area contributed by atoms with Crippen molar-refractivity contribution in [2.24, 2.45) is 0 Å². The van der Waals surface area contributed by atoms with Crippen LogP contribution in [0.2, 0.25) is 0 Å². The minimum absolute atomic E-state index is 0.538. The molecule has 0 fully saturated rings. The lowest BCUT2D eigenvalue weighted by Crippen LogP contribution is -1.87. The zero-order chi connectivity index (χ0) is 10.3. The highest BCUT2D eigenvalue weighted by atomic mass is 16.1. The molecule has 13 heavy (non-hydrogen) atoms. The van der Waals surface area contributed by atoms with Crippen LogP contribution in [0.25, 0.3) is 0 Å². The molecule has 72 valence electrons. The van der Waals surface area contributed by atoms with Crippen LogP contribution >= 0.6 is 0 Å². The quantitative estimate of drug-likeness (QED) is 0.632. The third kappa shape index (κ3) is 3.88. The lowest BCUT2D eigenvalue weighted by molar-refractivity contribution is 0.112. The van der Waals surface area contributed by atoms with Crippen molar-refractivity contribution in [3.63, 3.8) is 0 Å². The Morgan fingerprint density at radius 2 is 1.54 bits per heavy atom. The molecule has 1 aromatic carbocycles. The Bertz CT molecular complexity index is 234. The van der Waals surface area contributed by atoms with Gasteiger partial charge in [-0.05, 0) is 11.5 Å². The minimum Gasteiger partial charge on any atom is -0.298 e. The van der Waals surface area contributed by atoms with Gasteiger partial charge in [0.1, 0.15) is 6.29 Å². The third-order valence-electron chi connectivity index (χ3n) is 1.74. The van der Waals surface area contributed by atoms with E-state index in [2.05, 4.69) is 13.8 Å². The summed E-state index contributed by atoms with van der Waals surface area (Å²) in [6.07, 6.45) is 0.865. The molecule has 0 aliphatic rings. The summed E-state index contributed by atoms with van der Waals surface area (Å²) in [6.45, 7) is 8.27. The second-order valence-electron chi connectivity index (χ2n) is 2.94. The Morgan fingerprint density at radius 1 is 1.08 bits per heavy atom. The van der Waals surface area contributed by atoms with Gasteiger partial charge in [0.15, 0.2) is 0 Å². The van der Waals surface area contributed by atoms with E-state index in [0.29, 0.717) is 5.92 Å². The molecule has 1 aromatic rings. The molecule has 0 N–H and O–H groups in total. The van der Waals surface area contributed by atoms with Crippen molar-refractivity contribution in [1.82, 2.24) is 0 Å². The van der Waals surface area contributed by atoms with Crippen molar-refractivity contribution in [2.45, 2.75) is 33.6 Å². The molecule has 0 unspecified atom stereocenters. The van der Waals surface area contributed by atoms with E-state index in [1.165, 1.54) is 5.56 Å². The Balaban J connectivity index is 0.000000671. The summed E-state index contributed by atoms with van der Waals surface area (Å²) in [5, 5.41) is 0. The fourth-order valence-electron chi connectivity index (χ4n) is 0.959. The van der Waals surface area contributed by atoms with Crippen LogP contribution in [0.3, 0.4) is 0 Å². The van der Waals surface area contributed by atoms with Gasteiger partial charge < -0.3 is 0 Å². The van der Waals surface area contributed by atoms with Crippen LogP contribution in [0.4, 0.5) is 0 Å². The maximum Gasteiger partial charge on any atom is 0.150 e. The molecule has 0 aromatic heterocycles. The highest BCUT2D eigenvalue weighted by molar-refractivity contribution is 5.74. The molecule has 0 radical (unpaired) electrons. The second-order valence-corrected chi connectivity index (χ2v) is 2.94. The van der Waals surface area contributed by atoms with E-state index >= 15 is 0 Å². The number of carbonyl (C=O) groups is 1. The minimum atomic E-state index is 0.538. The molecule has 0 aliphatic heterocycles. The molecule has 0 spiro atoms. The second kappa shape index (κ2) is 6.41. The third-order valence-corrected chi connectivity index (χ3v) is 1.74. The Hall–Kier alpha value is -1.11. The molecule has 0 saturated heterocycles. The average molecular weight is 178 g/mol. The van der Waals surface area contributed by atoms with Crippen LogP contribution in [0.15, 0.2) is 24.3 Å². The van der Waals surface area contributed by atoms with Crippen molar-refractivity contribution in [1.29, 1.82) is 0 Å². The van der Waals surface area contributed by atoms with Crippen molar-refractivity contribution in [3.8, 4) is 0 Å². The number of aldehydes is 1. The summed E-state index contributed by atoms with van der Waals surface area (Å²) in [5.41, 5.74) is 2.02. The zero-order valence-electron chi connectivity index (χ0n) is 8.87. The van der Waals surface area contributed by atoms with E-state index in [9.17, 15) is 4.79 Å². The van der Waals surface area contributed by atoms with E-state index in [4.69, 9.17) is 0 Å². The van der Waals surface area contributed by atoms with Crippen molar-refractivity contribution in [3.05, 3.63) is 35.4 Å². The van der Waals surface area contributed by atoms with Crippen LogP contribution in [-0.4, -0.2) is 6.29 Å². The molecule has 1 nitrogen and oxygen atoms in total. The summed E-state index contributed by atoms with van der Waals surface area (Å²) >= 11 is 0. The lowest BCUT2D eigenvalue weighted by Gasteiger charge is -2.03. The van der Waals surface area contributed by atoms with Crippen molar-refractivity contribution in [2.75, 3.05) is 0 Å².